The van der Waals surface area contributed by atoms with Crippen LogP contribution in [0.5, 0.6) is 5.88 Å². The summed E-state index contributed by atoms with van der Waals surface area (Å²) in [6.07, 6.45) is 3.50. The van der Waals surface area contributed by atoms with Crippen LogP contribution in [-0.2, 0) is 4.74 Å². The zero-order valence-electron chi connectivity index (χ0n) is 20.5. The first-order chi connectivity index (χ1) is 16.2. The maximum Gasteiger partial charge on any atom is 0.272 e. The number of anilines is 1. The fraction of sp³-hybridized carbons (Fsp3) is 0.520. The minimum atomic E-state index is -0.408. The van der Waals surface area contributed by atoms with Gasteiger partial charge in [0.2, 0.25) is 11.7 Å². The standard InChI is InChI=1S/C25H34N6O3/c1-25(2,3)17-34-23-21(16-28-22(15-26)29-23)31(27)24(32)20-7-5-18(6-8-20)19-9-11-30(12-10-19)13-14-33-4/h5-8,16,19H,9-14,17,27H2,1-4H3. The molecule has 2 heterocycles. The molecule has 0 radical (unpaired) electrons. The summed E-state index contributed by atoms with van der Waals surface area (Å²) < 4.78 is 11.0. The summed E-state index contributed by atoms with van der Waals surface area (Å²) >= 11 is 0. The molecule has 1 aliphatic heterocycles. The summed E-state index contributed by atoms with van der Waals surface area (Å²) in [4.78, 5) is 23.6. The van der Waals surface area contributed by atoms with Crippen molar-refractivity contribution >= 4 is 11.6 Å². The number of ether oxygens (including phenoxy) is 2. The maximum atomic E-state index is 13.1. The van der Waals surface area contributed by atoms with E-state index in [1.807, 2.05) is 39.0 Å². The average molecular weight is 467 g/mol. The minimum Gasteiger partial charge on any atom is -0.475 e. The number of aromatic nitrogens is 2. The van der Waals surface area contributed by atoms with Gasteiger partial charge < -0.3 is 14.4 Å². The molecule has 0 saturated carbocycles. The lowest BCUT2D eigenvalue weighted by Gasteiger charge is -2.32. The topological polar surface area (TPSA) is 118 Å². The van der Waals surface area contributed by atoms with Gasteiger partial charge in [0.1, 0.15) is 11.8 Å². The molecule has 1 aromatic carbocycles. The van der Waals surface area contributed by atoms with E-state index in [1.165, 1.54) is 11.8 Å². The summed E-state index contributed by atoms with van der Waals surface area (Å²) in [6, 6.07) is 9.49. The van der Waals surface area contributed by atoms with Crippen molar-refractivity contribution in [3.05, 3.63) is 47.4 Å². The molecule has 1 aliphatic rings. The Labute approximate surface area is 201 Å². The number of nitriles is 1. The largest absolute Gasteiger partial charge is 0.475 e. The zero-order valence-corrected chi connectivity index (χ0v) is 20.5. The summed E-state index contributed by atoms with van der Waals surface area (Å²) in [6.45, 7) is 10.2. The summed E-state index contributed by atoms with van der Waals surface area (Å²) in [5.74, 6) is 6.29. The van der Waals surface area contributed by atoms with Crippen LogP contribution in [0.4, 0.5) is 5.69 Å². The van der Waals surface area contributed by atoms with Crippen molar-refractivity contribution in [1.29, 1.82) is 5.26 Å². The van der Waals surface area contributed by atoms with Gasteiger partial charge in [-0.1, -0.05) is 32.9 Å². The fourth-order valence-corrected chi connectivity index (χ4v) is 3.83. The molecule has 1 amide bonds. The van der Waals surface area contributed by atoms with Gasteiger partial charge in [-0.2, -0.15) is 10.2 Å². The van der Waals surface area contributed by atoms with Gasteiger partial charge in [0.05, 0.1) is 19.4 Å². The molecule has 1 fully saturated rings. The summed E-state index contributed by atoms with van der Waals surface area (Å²) in [5, 5.41) is 10.1. The third-order valence-electron chi connectivity index (χ3n) is 5.78. The van der Waals surface area contributed by atoms with Crippen molar-refractivity contribution in [1.82, 2.24) is 14.9 Å². The number of hydrazine groups is 1. The van der Waals surface area contributed by atoms with E-state index in [4.69, 9.17) is 20.6 Å². The van der Waals surface area contributed by atoms with Crippen molar-refractivity contribution in [2.24, 2.45) is 11.3 Å². The molecule has 0 atom stereocenters. The SMILES string of the molecule is COCCN1CCC(c2ccc(C(=O)N(N)c3cnc(C#N)nc3OCC(C)(C)C)cc2)CC1. The third-order valence-corrected chi connectivity index (χ3v) is 5.78. The van der Waals surface area contributed by atoms with Gasteiger partial charge in [0.15, 0.2) is 0 Å². The molecule has 9 heteroatoms. The van der Waals surface area contributed by atoms with E-state index in [2.05, 4.69) is 14.9 Å². The number of nitrogens with zero attached hydrogens (tertiary/aromatic N) is 5. The number of hydrogen-bond acceptors (Lipinski definition) is 8. The second-order valence-electron chi connectivity index (χ2n) is 9.75. The van der Waals surface area contributed by atoms with Crippen LogP contribution in [0.3, 0.4) is 0 Å². The Morgan fingerprint density at radius 2 is 1.94 bits per heavy atom. The number of carbonyl (C=O) groups excluding carboxylic acids is 1. The van der Waals surface area contributed by atoms with Crippen LogP contribution in [0.25, 0.3) is 0 Å². The Kier molecular flexibility index (Phi) is 8.56. The minimum absolute atomic E-state index is 0.0499. The Hall–Kier alpha value is -3.06. The quantitative estimate of drug-likeness (QED) is 0.358. The lowest BCUT2D eigenvalue weighted by molar-refractivity contribution is 0.0985. The lowest BCUT2D eigenvalue weighted by atomic mass is 9.89. The first kappa shape index (κ1) is 25.6. The highest BCUT2D eigenvalue weighted by molar-refractivity contribution is 6.05. The number of likely N-dealkylation sites (tertiary alicyclic amines) is 1. The van der Waals surface area contributed by atoms with Crippen LogP contribution in [0, 0.1) is 16.7 Å². The zero-order chi connectivity index (χ0) is 24.7. The van der Waals surface area contributed by atoms with E-state index in [0.29, 0.717) is 18.1 Å². The summed E-state index contributed by atoms with van der Waals surface area (Å²) in [7, 11) is 1.73. The number of rotatable bonds is 8. The number of piperidine rings is 1. The van der Waals surface area contributed by atoms with Gasteiger partial charge in [0.25, 0.3) is 5.91 Å². The van der Waals surface area contributed by atoms with E-state index in [1.54, 1.807) is 19.2 Å². The molecule has 0 bridgehead atoms. The number of hydrogen-bond donors (Lipinski definition) is 1. The van der Waals surface area contributed by atoms with Crippen LogP contribution >= 0.6 is 0 Å². The normalized spacial score (nSPS) is 15.1. The fourth-order valence-electron chi connectivity index (χ4n) is 3.83. The van der Waals surface area contributed by atoms with Gasteiger partial charge in [0, 0.05) is 19.2 Å². The Morgan fingerprint density at radius 1 is 1.26 bits per heavy atom. The maximum absolute atomic E-state index is 13.1. The number of methoxy groups -OCH3 is 1. The lowest BCUT2D eigenvalue weighted by Crippen LogP contribution is -2.38. The van der Waals surface area contributed by atoms with Gasteiger partial charge in [-0.05, 0) is 55.0 Å². The Balaban J connectivity index is 1.70. The van der Waals surface area contributed by atoms with Crippen LogP contribution in [0.1, 0.15) is 61.3 Å². The van der Waals surface area contributed by atoms with Gasteiger partial charge in [-0.15, -0.1) is 0 Å². The second-order valence-corrected chi connectivity index (χ2v) is 9.75. The van der Waals surface area contributed by atoms with Crippen LogP contribution in [0.2, 0.25) is 0 Å². The van der Waals surface area contributed by atoms with E-state index < -0.39 is 5.91 Å². The van der Waals surface area contributed by atoms with Crippen molar-refractivity contribution in [2.45, 2.75) is 39.5 Å². The highest BCUT2D eigenvalue weighted by Gasteiger charge is 2.24. The summed E-state index contributed by atoms with van der Waals surface area (Å²) in [5.41, 5.74) is 1.74. The van der Waals surface area contributed by atoms with Gasteiger partial charge in [-0.3, -0.25) is 4.79 Å². The molecule has 0 unspecified atom stereocenters. The molecule has 0 aliphatic carbocycles. The van der Waals surface area contributed by atoms with Crippen LogP contribution in [-0.4, -0.2) is 60.7 Å². The van der Waals surface area contributed by atoms with E-state index in [9.17, 15) is 4.79 Å². The number of nitrogens with two attached hydrogens (primary N) is 1. The molecule has 0 spiro atoms. The highest BCUT2D eigenvalue weighted by Crippen LogP contribution is 2.30. The van der Waals surface area contributed by atoms with Crippen molar-refractivity contribution in [3.8, 4) is 11.9 Å². The molecule has 9 nitrogen and oxygen atoms in total. The van der Waals surface area contributed by atoms with E-state index >= 15 is 0 Å². The first-order valence-corrected chi connectivity index (χ1v) is 11.5. The molecule has 34 heavy (non-hydrogen) atoms. The van der Waals surface area contributed by atoms with Crippen LogP contribution < -0.4 is 15.6 Å². The van der Waals surface area contributed by atoms with Crippen molar-refractivity contribution < 1.29 is 14.3 Å². The number of amides is 1. The third kappa shape index (κ3) is 6.73. The van der Waals surface area contributed by atoms with E-state index in [-0.39, 0.29) is 22.8 Å². The molecule has 3 rings (SSSR count). The van der Waals surface area contributed by atoms with Crippen LogP contribution in [0.15, 0.2) is 30.5 Å². The molecule has 1 saturated heterocycles. The molecular formula is C25H34N6O3. The van der Waals surface area contributed by atoms with Crippen molar-refractivity contribution in [2.75, 3.05) is 45.0 Å². The second kappa shape index (κ2) is 11.4. The first-order valence-electron chi connectivity index (χ1n) is 11.5. The predicted octanol–water partition coefficient (Wildman–Crippen LogP) is 3.12. The number of carbonyl (C=O) groups is 1. The Morgan fingerprint density at radius 3 is 2.53 bits per heavy atom. The molecule has 1 aromatic heterocycles. The molecule has 182 valence electrons. The molecular weight excluding hydrogens is 432 g/mol. The highest BCUT2D eigenvalue weighted by atomic mass is 16.5. The molecule has 2 N–H and O–H groups in total. The van der Waals surface area contributed by atoms with Gasteiger partial charge in [-0.25, -0.2) is 15.8 Å². The average Bonchev–Trinajstić information content (AvgIpc) is 2.85. The molecule has 2 aromatic rings. The van der Waals surface area contributed by atoms with Gasteiger partial charge >= 0.3 is 0 Å². The number of benzene rings is 1. The Bertz CT molecular complexity index is 1000. The smallest absolute Gasteiger partial charge is 0.272 e. The predicted molar refractivity (Wildman–Crippen MR) is 129 cm³/mol. The monoisotopic (exact) mass is 466 g/mol. The van der Waals surface area contributed by atoms with E-state index in [0.717, 1.165) is 44.1 Å². The van der Waals surface area contributed by atoms with Crippen molar-refractivity contribution in [3.63, 3.8) is 0 Å².